The van der Waals surface area contributed by atoms with E-state index in [1.807, 2.05) is 25.2 Å². The first-order valence-corrected chi connectivity index (χ1v) is 8.36. The van der Waals surface area contributed by atoms with E-state index in [1.54, 1.807) is 12.1 Å². The maximum atomic E-state index is 12.9. The molecule has 158 valence electrons. The van der Waals surface area contributed by atoms with Crippen molar-refractivity contribution < 1.29 is 35.6 Å². The smallest absolute Gasteiger partial charge is 0.403 e. The lowest BCUT2D eigenvalue weighted by Crippen LogP contribution is -2.17. The Labute approximate surface area is 165 Å². The van der Waals surface area contributed by atoms with Gasteiger partial charge < -0.3 is 4.42 Å². The summed E-state index contributed by atoms with van der Waals surface area (Å²) in [5.41, 5.74) is -1.73. The van der Waals surface area contributed by atoms with Crippen LogP contribution in [0.15, 0.2) is 40.8 Å². The highest BCUT2D eigenvalue weighted by molar-refractivity contribution is 6.03. The number of amides is 1. The Morgan fingerprint density at radius 2 is 1.37 bits per heavy atom. The number of aryl methyl sites for hydroxylation is 2. The minimum atomic E-state index is -5.07. The predicted octanol–water partition coefficient (Wildman–Crippen LogP) is 5.64. The lowest BCUT2D eigenvalue weighted by molar-refractivity contribution is -0.143. The van der Waals surface area contributed by atoms with Crippen LogP contribution in [-0.4, -0.2) is 16.1 Å². The highest BCUT2D eigenvalue weighted by atomic mass is 19.4. The number of rotatable bonds is 3. The number of halogens is 6. The first kappa shape index (κ1) is 21.3. The zero-order valence-corrected chi connectivity index (χ0v) is 15.4. The number of alkyl halides is 6. The molecule has 0 unspecified atom stereocenters. The molecule has 30 heavy (non-hydrogen) atoms. The highest BCUT2D eigenvalue weighted by Crippen LogP contribution is 2.36. The fourth-order valence-electron chi connectivity index (χ4n) is 2.74. The average molecular weight is 429 g/mol. The monoisotopic (exact) mass is 429 g/mol. The lowest BCUT2D eigenvalue weighted by Gasteiger charge is -2.13. The van der Waals surface area contributed by atoms with Crippen LogP contribution in [0.4, 0.5) is 32.4 Å². The maximum Gasteiger partial charge on any atom is 0.416 e. The van der Waals surface area contributed by atoms with E-state index < -0.39 is 41.0 Å². The van der Waals surface area contributed by atoms with E-state index in [0.717, 1.165) is 11.1 Å². The van der Waals surface area contributed by atoms with Crippen molar-refractivity contribution in [3.05, 3.63) is 64.2 Å². The number of anilines is 1. The summed E-state index contributed by atoms with van der Waals surface area (Å²) in [7, 11) is 0. The molecule has 3 aromatic rings. The second-order valence-electron chi connectivity index (χ2n) is 6.54. The van der Waals surface area contributed by atoms with Gasteiger partial charge in [0.05, 0.1) is 11.1 Å². The van der Waals surface area contributed by atoms with Crippen molar-refractivity contribution >= 4 is 11.9 Å². The predicted molar refractivity (Wildman–Crippen MR) is 93.6 cm³/mol. The molecular weight excluding hydrogens is 416 g/mol. The largest absolute Gasteiger partial charge is 0.416 e. The van der Waals surface area contributed by atoms with Crippen molar-refractivity contribution in [2.45, 2.75) is 26.2 Å². The quantitative estimate of drug-likeness (QED) is 0.547. The number of carbonyl (C=O) groups excluding carboxylic acids is 1. The Kier molecular flexibility index (Phi) is 5.31. The molecule has 0 spiro atoms. The summed E-state index contributed by atoms with van der Waals surface area (Å²) in [6.07, 6.45) is -10.1. The van der Waals surface area contributed by atoms with Gasteiger partial charge in [-0.3, -0.25) is 10.1 Å². The van der Waals surface area contributed by atoms with Crippen LogP contribution in [0.3, 0.4) is 0 Å². The van der Waals surface area contributed by atoms with E-state index in [2.05, 4.69) is 10.2 Å². The van der Waals surface area contributed by atoms with Crippen LogP contribution in [0.5, 0.6) is 0 Å². The van der Waals surface area contributed by atoms with Crippen molar-refractivity contribution in [3.8, 4) is 11.5 Å². The van der Waals surface area contributed by atoms with Gasteiger partial charge in [-0.2, -0.15) is 26.3 Å². The zero-order valence-electron chi connectivity index (χ0n) is 15.4. The van der Waals surface area contributed by atoms with Gasteiger partial charge in [-0.05, 0) is 44.2 Å². The number of hydrogen-bond acceptors (Lipinski definition) is 4. The molecule has 0 aliphatic heterocycles. The van der Waals surface area contributed by atoms with E-state index in [-0.39, 0.29) is 12.0 Å². The summed E-state index contributed by atoms with van der Waals surface area (Å²) in [5.74, 6) is -1.24. The molecule has 0 saturated heterocycles. The van der Waals surface area contributed by atoms with E-state index in [9.17, 15) is 31.1 Å². The van der Waals surface area contributed by atoms with Gasteiger partial charge in [0.1, 0.15) is 0 Å². The third-order valence-electron chi connectivity index (χ3n) is 3.96. The van der Waals surface area contributed by atoms with Gasteiger partial charge in [-0.1, -0.05) is 22.3 Å². The second kappa shape index (κ2) is 7.47. The van der Waals surface area contributed by atoms with E-state index in [1.165, 1.54) is 0 Å². The summed E-state index contributed by atoms with van der Waals surface area (Å²) in [6.45, 7) is 3.67. The minimum absolute atomic E-state index is 0.0251. The Morgan fingerprint density at radius 1 is 0.833 bits per heavy atom. The van der Waals surface area contributed by atoms with Crippen LogP contribution in [0.1, 0.15) is 32.6 Å². The van der Waals surface area contributed by atoms with Gasteiger partial charge in [-0.15, -0.1) is 5.10 Å². The van der Waals surface area contributed by atoms with Crippen LogP contribution in [-0.2, 0) is 12.4 Å². The number of nitrogens with zero attached hydrogens (tertiary/aromatic N) is 2. The molecular formula is C19H13F6N3O2. The maximum absolute atomic E-state index is 12.9. The van der Waals surface area contributed by atoms with Crippen LogP contribution >= 0.6 is 0 Å². The van der Waals surface area contributed by atoms with Gasteiger partial charge >= 0.3 is 18.4 Å². The number of carbonyl (C=O) groups is 1. The van der Waals surface area contributed by atoms with Gasteiger partial charge in [0.25, 0.3) is 5.91 Å². The average Bonchev–Trinajstić information content (AvgIpc) is 3.07. The SMILES string of the molecule is Cc1cc(C)cc(-c2nnc(NC(=O)c3cc(C(F)(F)F)cc(C(F)(F)F)c3)o2)c1. The molecule has 0 bridgehead atoms. The molecule has 0 radical (unpaired) electrons. The van der Waals surface area contributed by atoms with Gasteiger partial charge in [-0.25, -0.2) is 0 Å². The molecule has 0 saturated carbocycles. The standard InChI is InChI=1S/C19H13F6N3O2/c1-9-3-10(2)5-12(4-9)16-27-28-17(30-16)26-15(29)11-6-13(18(20,21)22)8-14(7-11)19(23,24)25/h3-8H,1-2H3,(H,26,28,29). The molecule has 1 amide bonds. The Balaban J connectivity index is 1.90. The molecule has 2 aromatic carbocycles. The summed E-state index contributed by atoms with van der Waals surface area (Å²) >= 11 is 0. The number of hydrogen-bond donors (Lipinski definition) is 1. The van der Waals surface area contributed by atoms with Gasteiger partial charge in [0, 0.05) is 11.1 Å². The highest BCUT2D eigenvalue weighted by Gasteiger charge is 2.37. The first-order chi connectivity index (χ1) is 13.8. The molecule has 0 atom stereocenters. The molecule has 0 fully saturated rings. The van der Waals surface area contributed by atoms with Crippen LogP contribution in [0, 0.1) is 13.8 Å². The summed E-state index contributed by atoms with van der Waals surface area (Å²) in [4.78, 5) is 12.3. The zero-order chi connectivity index (χ0) is 22.3. The lowest BCUT2D eigenvalue weighted by atomic mass is 10.0. The Morgan fingerprint density at radius 3 is 1.87 bits per heavy atom. The molecule has 1 heterocycles. The van der Waals surface area contributed by atoms with Crippen LogP contribution in [0.2, 0.25) is 0 Å². The van der Waals surface area contributed by atoms with Gasteiger partial charge in [0.15, 0.2) is 0 Å². The first-order valence-electron chi connectivity index (χ1n) is 8.36. The van der Waals surface area contributed by atoms with Crippen molar-refractivity contribution in [1.82, 2.24) is 10.2 Å². The fourth-order valence-corrected chi connectivity index (χ4v) is 2.74. The van der Waals surface area contributed by atoms with E-state index in [4.69, 9.17) is 4.42 Å². The van der Waals surface area contributed by atoms with Crippen LogP contribution in [0.25, 0.3) is 11.5 Å². The summed E-state index contributed by atoms with van der Waals surface area (Å²) < 4.78 is 82.9. The number of benzene rings is 2. The number of aromatic nitrogens is 2. The molecule has 11 heteroatoms. The summed E-state index contributed by atoms with van der Waals surface area (Å²) in [5, 5.41) is 9.33. The second-order valence-corrected chi connectivity index (χ2v) is 6.54. The third kappa shape index (κ3) is 4.78. The van der Waals surface area contributed by atoms with Crippen molar-refractivity contribution in [1.29, 1.82) is 0 Å². The van der Waals surface area contributed by atoms with Crippen molar-refractivity contribution in [2.75, 3.05) is 5.32 Å². The topological polar surface area (TPSA) is 68.0 Å². The normalized spacial score (nSPS) is 12.1. The van der Waals surface area contributed by atoms with E-state index in [0.29, 0.717) is 17.7 Å². The molecule has 1 N–H and O–H groups in total. The Hall–Kier alpha value is -3.37. The molecule has 0 aliphatic carbocycles. The fraction of sp³-hybridized carbons (Fsp3) is 0.211. The minimum Gasteiger partial charge on any atom is -0.403 e. The Bertz CT molecular complexity index is 1050. The molecule has 0 aliphatic rings. The third-order valence-corrected chi connectivity index (χ3v) is 3.96. The molecule has 3 rings (SSSR count). The summed E-state index contributed by atoms with van der Waals surface area (Å²) in [6, 6.07) is 5.44. The van der Waals surface area contributed by atoms with Crippen LogP contribution < -0.4 is 5.32 Å². The molecule has 5 nitrogen and oxygen atoms in total. The van der Waals surface area contributed by atoms with Crippen molar-refractivity contribution in [3.63, 3.8) is 0 Å². The number of nitrogens with one attached hydrogen (secondary N) is 1. The van der Waals surface area contributed by atoms with Crippen molar-refractivity contribution in [2.24, 2.45) is 0 Å². The molecule has 1 aromatic heterocycles. The van der Waals surface area contributed by atoms with E-state index >= 15 is 0 Å². The van der Waals surface area contributed by atoms with Gasteiger partial charge in [0.2, 0.25) is 5.89 Å².